The molecule has 0 radical (unpaired) electrons. The minimum atomic E-state index is -0.194. The molecule has 2 heterocycles. The Labute approximate surface area is 177 Å². The predicted octanol–water partition coefficient (Wildman–Crippen LogP) is 4.34. The zero-order chi connectivity index (χ0) is 19.9. The number of ketones is 1. The van der Waals surface area contributed by atoms with E-state index in [1.807, 2.05) is 30.3 Å². The largest absolute Gasteiger partial charge is 0.493 e. The fourth-order valence-corrected chi connectivity index (χ4v) is 3.42. The van der Waals surface area contributed by atoms with Crippen LogP contribution in [0.25, 0.3) is 0 Å². The first-order valence-corrected chi connectivity index (χ1v) is 9.48. The van der Waals surface area contributed by atoms with Crippen molar-refractivity contribution in [2.24, 2.45) is 5.92 Å². The molecule has 0 spiro atoms. The first kappa shape index (κ1) is 23.0. The molecule has 2 aliphatic heterocycles. The fourth-order valence-electron chi connectivity index (χ4n) is 3.42. The molecule has 2 aliphatic rings. The van der Waals surface area contributed by atoms with Gasteiger partial charge in [0.05, 0.1) is 6.61 Å². The molecule has 2 atom stereocenters. The molecule has 4 rings (SSSR count). The highest BCUT2D eigenvalue weighted by molar-refractivity contribution is 5.85. The average molecular weight is 424 g/mol. The Morgan fingerprint density at radius 1 is 1.14 bits per heavy atom. The molecule has 1 N–H and O–H groups in total. The summed E-state index contributed by atoms with van der Waals surface area (Å²) in [6.45, 7) is 5.79. The van der Waals surface area contributed by atoms with E-state index in [1.54, 1.807) is 0 Å². The Morgan fingerprint density at radius 3 is 2.55 bits per heavy atom. The summed E-state index contributed by atoms with van der Waals surface area (Å²) in [5, 5.41) is 3.43. The third kappa shape index (κ3) is 6.61. The molecule has 2 unspecified atom stereocenters. The Balaban J connectivity index is 0.000000552. The van der Waals surface area contributed by atoms with E-state index in [0.29, 0.717) is 18.4 Å². The topological polar surface area (TPSA) is 56.8 Å². The van der Waals surface area contributed by atoms with Gasteiger partial charge >= 0.3 is 0 Å². The van der Waals surface area contributed by atoms with E-state index in [2.05, 4.69) is 5.32 Å². The number of nitrogens with one attached hydrogen (secondary N) is 1. The summed E-state index contributed by atoms with van der Waals surface area (Å²) < 4.78 is 29.9. The molecular formula is C22H27ClFNO4. The minimum absolute atomic E-state index is 0. The number of halogens is 2. The molecule has 0 aliphatic carbocycles. The second-order valence-corrected chi connectivity index (χ2v) is 7.15. The summed E-state index contributed by atoms with van der Waals surface area (Å²) in [7, 11) is 0. The van der Waals surface area contributed by atoms with Gasteiger partial charge < -0.3 is 24.3 Å². The van der Waals surface area contributed by atoms with Crippen molar-refractivity contribution in [3.63, 3.8) is 0 Å². The summed E-state index contributed by atoms with van der Waals surface area (Å²) >= 11 is 0. The fraction of sp³-hybridized carbons (Fsp3) is 0.409. The van der Waals surface area contributed by atoms with E-state index in [0.717, 1.165) is 36.8 Å². The van der Waals surface area contributed by atoms with Gasteiger partial charge in [0.2, 0.25) is 6.79 Å². The number of hydrogen-bond donors (Lipinski definition) is 1. The van der Waals surface area contributed by atoms with Gasteiger partial charge in [0.25, 0.3) is 0 Å². The lowest BCUT2D eigenvalue weighted by Gasteiger charge is -2.32. The lowest BCUT2D eigenvalue weighted by atomic mass is 9.81. The van der Waals surface area contributed by atoms with Gasteiger partial charge in [0.15, 0.2) is 11.5 Å². The highest BCUT2D eigenvalue weighted by Gasteiger charge is 2.27. The van der Waals surface area contributed by atoms with Crippen molar-refractivity contribution in [3.05, 3.63) is 53.8 Å². The lowest BCUT2D eigenvalue weighted by Crippen LogP contribution is -2.38. The van der Waals surface area contributed by atoms with Crippen LogP contribution in [0.3, 0.4) is 0 Å². The minimum Gasteiger partial charge on any atom is -0.493 e. The maximum Gasteiger partial charge on any atom is 0.231 e. The second kappa shape index (κ2) is 11.0. The number of Topliss-reactive ketones (excluding diaryl/α,β-unsaturated/α-hetero) is 1. The number of benzene rings is 2. The monoisotopic (exact) mass is 423 g/mol. The molecule has 0 amide bonds. The van der Waals surface area contributed by atoms with Gasteiger partial charge in [-0.3, -0.25) is 0 Å². The maximum absolute atomic E-state index is 13.2. The summed E-state index contributed by atoms with van der Waals surface area (Å²) in [6.07, 6.45) is 1.03. The molecular weight excluding hydrogens is 397 g/mol. The normalized spacial score (nSPS) is 19.4. The van der Waals surface area contributed by atoms with Gasteiger partial charge in [0, 0.05) is 18.5 Å². The molecule has 158 valence electrons. The van der Waals surface area contributed by atoms with Crippen molar-refractivity contribution >= 4 is 18.2 Å². The zero-order valence-corrected chi connectivity index (χ0v) is 17.5. The molecule has 0 saturated carbocycles. The number of carbonyl (C=O) groups is 1. The first-order valence-electron chi connectivity index (χ1n) is 9.48. The summed E-state index contributed by atoms with van der Waals surface area (Å²) in [4.78, 5) is 9.44. The molecule has 0 bridgehead atoms. The smallest absolute Gasteiger partial charge is 0.231 e. The van der Waals surface area contributed by atoms with Crippen molar-refractivity contribution < 1.29 is 23.4 Å². The maximum atomic E-state index is 13.2. The van der Waals surface area contributed by atoms with E-state index in [9.17, 15) is 9.18 Å². The van der Waals surface area contributed by atoms with Crippen LogP contribution in [0.5, 0.6) is 17.2 Å². The third-order valence-corrected chi connectivity index (χ3v) is 4.71. The van der Waals surface area contributed by atoms with Crippen LogP contribution < -0.4 is 19.5 Å². The second-order valence-electron chi connectivity index (χ2n) is 7.15. The summed E-state index contributed by atoms with van der Waals surface area (Å²) in [6, 6.07) is 12.5. The van der Waals surface area contributed by atoms with Crippen LogP contribution >= 0.6 is 12.4 Å². The number of hydrogen-bond acceptors (Lipinski definition) is 5. The van der Waals surface area contributed by atoms with Gasteiger partial charge in [-0.2, -0.15) is 0 Å². The molecule has 1 fully saturated rings. The van der Waals surface area contributed by atoms with Crippen LogP contribution in [-0.4, -0.2) is 32.3 Å². The van der Waals surface area contributed by atoms with E-state index < -0.39 is 0 Å². The van der Waals surface area contributed by atoms with Gasteiger partial charge in [0.1, 0.15) is 17.3 Å². The van der Waals surface area contributed by atoms with Crippen molar-refractivity contribution in [1.29, 1.82) is 0 Å². The van der Waals surface area contributed by atoms with Crippen LogP contribution in [0.1, 0.15) is 31.7 Å². The number of piperidine rings is 1. The van der Waals surface area contributed by atoms with Crippen LogP contribution in [0.15, 0.2) is 42.5 Å². The number of carbonyl (C=O) groups excluding carboxylic acids is 1. The molecule has 1 saturated heterocycles. The van der Waals surface area contributed by atoms with E-state index in [-0.39, 0.29) is 30.8 Å². The summed E-state index contributed by atoms with van der Waals surface area (Å²) in [5.41, 5.74) is 1.18. The van der Waals surface area contributed by atoms with E-state index in [4.69, 9.17) is 14.2 Å². The van der Waals surface area contributed by atoms with Crippen LogP contribution in [0, 0.1) is 11.7 Å². The molecule has 0 aromatic heterocycles. The Morgan fingerprint density at radius 2 is 1.83 bits per heavy atom. The standard InChI is InChI=1S/C19H20FNO3.C3H6O.ClH/c20-15-3-1-13(2-4-15)17-7-8-21-10-14(17)11-22-16-5-6-18-19(9-16)24-12-23-18;1-3(2)4;/h1-6,9,14,17,21H,7-8,10-12H2;1-2H3;1H. The first-order chi connectivity index (χ1) is 13.5. The molecule has 29 heavy (non-hydrogen) atoms. The van der Waals surface area contributed by atoms with Gasteiger partial charge in [-0.25, -0.2) is 4.39 Å². The van der Waals surface area contributed by atoms with Crippen molar-refractivity contribution in [2.45, 2.75) is 26.2 Å². The molecule has 2 aromatic rings. The zero-order valence-electron chi connectivity index (χ0n) is 16.7. The quantitative estimate of drug-likeness (QED) is 0.792. The Hall–Kier alpha value is -2.31. The number of ether oxygens (including phenoxy) is 3. The SMILES string of the molecule is CC(C)=O.Cl.Fc1ccc(C2CCNCC2COc2ccc3c(c2)OCO3)cc1. The molecule has 7 heteroatoms. The molecule has 2 aromatic carbocycles. The Kier molecular flexibility index (Phi) is 8.73. The summed E-state index contributed by atoms with van der Waals surface area (Å²) in [5.74, 6) is 2.95. The lowest BCUT2D eigenvalue weighted by molar-refractivity contribution is -0.114. The van der Waals surface area contributed by atoms with Gasteiger partial charge in [-0.05, 0) is 62.6 Å². The number of rotatable bonds is 4. The van der Waals surface area contributed by atoms with Crippen LogP contribution in [-0.2, 0) is 4.79 Å². The van der Waals surface area contributed by atoms with Gasteiger partial charge in [-0.15, -0.1) is 12.4 Å². The van der Waals surface area contributed by atoms with Gasteiger partial charge in [-0.1, -0.05) is 12.1 Å². The predicted molar refractivity (Wildman–Crippen MR) is 112 cm³/mol. The van der Waals surface area contributed by atoms with Crippen molar-refractivity contribution in [2.75, 3.05) is 26.5 Å². The van der Waals surface area contributed by atoms with Crippen molar-refractivity contribution in [1.82, 2.24) is 5.32 Å². The van der Waals surface area contributed by atoms with Crippen LogP contribution in [0.2, 0.25) is 0 Å². The third-order valence-electron chi connectivity index (χ3n) is 4.71. The average Bonchev–Trinajstić information content (AvgIpc) is 3.15. The van der Waals surface area contributed by atoms with Crippen molar-refractivity contribution in [3.8, 4) is 17.2 Å². The van der Waals surface area contributed by atoms with E-state index >= 15 is 0 Å². The highest BCUT2D eigenvalue weighted by Crippen LogP contribution is 2.36. The van der Waals surface area contributed by atoms with Crippen LogP contribution in [0.4, 0.5) is 4.39 Å². The highest BCUT2D eigenvalue weighted by atomic mass is 35.5. The molecule has 5 nitrogen and oxygen atoms in total. The van der Waals surface area contributed by atoms with E-state index in [1.165, 1.54) is 31.5 Å². The Bertz CT molecular complexity index is 796. The number of fused-ring (bicyclic) bond motifs is 1.